The van der Waals surface area contributed by atoms with E-state index >= 15 is 0 Å². The summed E-state index contributed by atoms with van der Waals surface area (Å²) in [4.78, 5) is 0. The smallest absolute Gasteiger partial charge is 0.136 e. The third-order valence-corrected chi connectivity index (χ3v) is 3.23. The van der Waals surface area contributed by atoms with Gasteiger partial charge in [-0.1, -0.05) is 18.2 Å². The molecule has 0 radical (unpaired) electrons. The van der Waals surface area contributed by atoms with Gasteiger partial charge in [-0.2, -0.15) is 0 Å². The van der Waals surface area contributed by atoms with Gasteiger partial charge in [-0.3, -0.25) is 4.48 Å². The van der Waals surface area contributed by atoms with Gasteiger partial charge in [0.25, 0.3) is 0 Å². The maximum atomic E-state index is 2.32. The van der Waals surface area contributed by atoms with Crippen molar-refractivity contribution in [3.63, 3.8) is 0 Å². The second kappa shape index (κ2) is 3.58. The standard InChI is InChI=1S/C11H16N.HI/c1-9-8-10-6-4-5-7-11(10)12(9,2)3;/h4-7,9H,8H2,1-3H3;1H/q+1;/p-1. The molecule has 2 heteroatoms. The van der Waals surface area contributed by atoms with Crippen LogP contribution in [0.15, 0.2) is 24.3 Å². The topological polar surface area (TPSA) is 0 Å². The number of para-hydroxylation sites is 1. The maximum Gasteiger partial charge on any atom is 0.136 e. The van der Waals surface area contributed by atoms with Crippen LogP contribution in [0.1, 0.15) is 12.5 Å². The average Bonchev–Trinajstić information content (AvgIpc) is 2.25. The summed E-state index contributed by atoms with van der Waals surface area (Å²) in [5, 5.41) is 0. The Kier molecular flexibility index (Phi) is 3.02. The number of likely N-dealkylation sites (N-methyl/N-ethyl adjacent to an activating group) is 1. The molecular weight excluding hydrogens is 273 g/mol. The number of fused-ring (bicyclic) bond motifs is 1. The zero-order valence-corrected chi connectivity index (χ0v) is 10.6. The van der Waals surface area contributed by atoms with Crippen LogP contribution in [0.3, 0.4) is 0 Å². The van der Waals surface area contributed by atoms with Gasteiger partial charge in [0, 0.05) is 12.0 Å². The van der Waals surface area contributed by atoms with E-state index in [4.69, 9.17) is 0 Å². The summed E-state index contributed by atoms with van der Waals surface area (Å²) in [6.45, 7) is 2.32. The van der Waals surface area contributed by atoms with Crippen molar-refractivity contribution < 1.29 is 24.0 Å². The average molecular weight is 289 g/mol. The van der Waals surface area contributed by atoms with Gasteiger partial charge < -0.3 is 24.0 Å². The maximum absolute atomic E-state index is 2.32. The first-order valence-electron chi connectivity index (χ1n) is 4.54. The van der Waals surface area contributed by atoms with E-state index in [-0.39, 0.29) is 24.0 Å². The first-order valence-corrected chi connectivity index (χ1v) is 4.54. The highest BCUT2D eigenvalue weighted by Gasteiger charge is 2.36. The highest BCUT2D eigenvalue weighted by atomic mass is 127. The van der Waals surface area contributed by atoms with Gasteiger partial charge in [-0.05, 0) is 13.0 Å². The Labute approximate surface area is 97.4 Å². The Hall–Kier alpha value is -0.0900. The molecule has 0 bridgehead atoms. The van der Waals surface area contributed by atoms with Crippen LogP contribution in [0.2, 0.25) is 0 Å². The van der Waals surface area contributed by atoms with Crippen molar-refractivity contribution in [2.75, 3.05) is 14.1 Å². The molecule has 13 heavy (non-hydrogen) atoms. The largest absolute Gasteiger partial charge is 1.00 e. The molecule has 1 unspecified atom stereocenters. The molecule has 0 aliphatic carbocycles. The van der Waals surface area contributed by atoms with Gasteiger partial charge in [-0.15, -0.1) is 0 Å². The summed E-state index contributed by atoms with van der Waals surface area (Å²) in [5.74, 6) is 0. The van der Waals surface area contributed by atoms with Crippen LogP contribution in [-0.2, 0) is 6.42 Å². The predicted molar refractivity (Wildman–Crippen MR) is 53.3 cm³/mol. The van der Waals surface area contributed by atoms with Gasteiger partial charge in [0.2, 0.25) is 0 Å². The quantitative estimate of drug-likeness (QED) is 0.433. The highest BCUT2D eigenvalue weighted by Crippen LogP contribution is 2.35. The molecule has 0 aromatic heterocycles. The van der Waals surface area contributed by atoms with Crippen LogP contribution < -0.4 is 28.5 Å². The molecule has 1 aromatic rings. The van der Waals surface area contributed by atoms with Crippen LogP contribution in [0.25, 0.3) is 0 Å². The lowest BCUT2D eigenvalue weighted by molar-refractivity contribution is -0.00000262. The summed E-state index contributed by atoms with van der Waals surface area (Å²) < 4.78 is 1.04. The summed E-state index contributed by atoms with van der Waals surface area (Å²) in [6, 6.07) is 9.49. The van der Waals surface area contributed by atoms with E-state index in [2.05, 4.69) is 45.3 Å². The normalized spacial score (nSPS) is 23.5. The molecule has 1 heterocycles. The van der Waals surface area contributed by atoms with Crippen molar-refractivity contribution in [1.82, 2.24) is 4.48 Å². The minimum Gasteiger partial charge on any atom is -1.00 e. The number of halogens is 1. The zero-order chi connectivity index (χ0) is 8.77. The molecule has 0 N–H and O–H groups in total. The minimum atomic E-state index is 0. The Balaban J connectivity index is 0.000000845. The molecule has 0 fully saturated rings. The third kappa shape index (κ3) is 1.62. The van der Waals surface area contributed by atoms with Crippen LogP contribution in [0.5, 0.6) is 0 Å². The number of quaternary nitrogens is 1. The molecule has 72 valence electrons. The Morgan fingerprint density at radius 2 is 1.85 bits per heavy atom. The lowest BCUT2D eigenvalue weighted by Crippen LogP contribution is -3.00. The van der Waals surface area contributed by atoms with Crippen molar-refractivity contribution in [2.45, 2.75) is 19.4 Å². The van der Waals surface area contributed by atoms with Gasteiger partial charge in [-0.25, -0.2) is 0 Å². The number of hydrogen-bond donors (Lipinski definition) is 0. The first-order chi connectivity index (χ1) is 5.62. The molecule has 1 atom stereocenters. The fraction of sp³-hybridized carbons (Fsp3) is 0.455. The Morgan fingerprint density at radius 3 is 2.46 bits per heavy atom. The lowest BCUT2D eigenvalue weighted by atomic mass is 10.1. The van der Waals surface area contributed by atoms with Crippen molar-refractivity contribution in [3.05, 3.63) is 29.8 Å². The fourth-order valence-electron chi connectivity index (χ4n) is 2.03. The minimum absolute atomic E-state index is 0. The van der Waals surface area contributed by atoms with E-state index in [1.54, 1.807) is 0 Å². The monoisotopic (exact) mass is 289 g/mol. The molecule has 0 spiro atoms. The number of benzene rings is 1. The molecule has 0 amide bonds. The third-order valence-electron chi connectivity index (χ3n) is 3.23. The summed E-state index contributed by atoms with van der Waals surface area (Å²) in [6.07, 6.45) is 1.23. The number of hydrogen-bond acceptors (Lipinski definition) is 0. The van der Waals surface area contributed by atoms with Crippen molar-refractivity contribution in [2.24, 2.45) is 0 Å². The summed E-state index contributed by atoms with van der Waals surface area (Å²) >= 11 is 0. The van der Waals surface area contributed by atoms with E-state index in [0.29, 0.717) is 0 Å². The summed E-state index contributed by atoms with van der Waals surface area (Å²) in [7, 11) is 4.58. The van der Waals surface area contributed by atoms with Crippen molar-refractivity contribution in [3.8, 4) is 0 Å². The molecule has 1 nitrogen and oxygen atoms in total. The molecular formula is C11H16IN. The molecule has 0 saturated heterocycles. The Morgan fingerprint density at radius 1 is 1.23 bits per heavy atom. The van der Waals surface area contributed by atoms with Gasteiger partial charge in [0.1, 0.15) is 5.69 Å². The lowest BCUT2D eigenvalue weighted by Gasteiger charge is -2.29. The second-order valence-corrected chi connectivity index (χ2v) is 4.22. The van der Waals surface area contributed by atoms with Crippen LogP contribution >= 0.6 is 0 Å². The van der Waals surface area contributed by atoms with Crippen LogP contribution in [-0.4, -0.2) is 20.1 Å². The highest BCUT2D eigenvalue weighted by molar-refractivity contribution is 5.54. The first kappa shape index (κ1) is 11.0. The number of rotatable bonds is 0. The second-order valence-electron chi connectivity index (χ2n) is 4.22. The van der Waals surface area contributed by atoms with Gasteiger partial charge in [0.15, 0.2) is 0 Å². The van der Waals surface area contributed by atoms with E-state index in [0.717, 1.165) is 10.5 Å². The van der Waals surface area contributed by atoms with E-state index < -0.39 is 0 Å². The van der Waals surface area contributed by atoms with Crippen LogP contribution in [0, 0.1) is 0 Å². The molecule has 0 saturated carbocycles. The molecule has 2 rings (SSSR count). The van der Waals surface area contributed by atoms with E-state index in [9.17, 15) is 0 Å². The fourth-order valence-corrected chi connectivity index (χ4v) is 2.03. The van der Waals surface area contributed by atoms with Crippen molar-refractivity contribution >= 4 is 5.69 Å². The number of nitrogens with zero attached hydrogens (tertiary/aromatic N) is 1. The molecule has 1 aliphatic rings. The molecule has 1 aliphatic heterocycles. The van der Waals surface area contributed by atoms with E-state index in [1.807, 2.05) is 0 Å². The van der Waals surface area contributed by atoms with E-state index in [1.165, 1.54) is 17.7 Å². The zero-order valence-electron chi connectivity index (χ0n) is 8.42. The SMILES string of the molecule is CC1Cc2ccccc2[N+]1(C)C.[I-]. The van der Waals surface area contributed by atoms with Crippen LogP contribution in [0.4, 0.5) is 5.69 Å². The predicted octanol–water partition coefficient (Wildman–Crippen LogP) is -0.798. The summed E-state index contributed by atoms with van der Waals surface area (Å²) in [5.41, 5.74) is 3.01. The Bertz CT molecular complexity index is 307. The van der Waals surface area contributed by atoms with Gasteiger partial charge in [0.05, 0.1) is 20.1 Å². The van der Waals surface area contributed by atoms with Gasteiger partial charge >= 0.3 is 0 Å². The van der Waals surface area contributed by atoms with Crippen molar-refractivity contribution in [1.29, 1.82) is 0 Å². The molecule has 1 aromatic carbocycles.